The van der Waals surface area contributed by atoms with Gasteiger partial charge < -0.3 is 14.2 Å². The highest BCUT2D eigenvalue weighted by Crippen LogP contribution is 2.32. The van der Waals surface area contributed by atoms with Gasteiger partial charge in [-0.25, -0.2) is 8.42 Å². The number of aryl methyl sites for hydroxylation is 2. The van der Waals surface area contributed by atoms with Gasteiger partial charge in [0.2, 0.25) is 10.0 Å². The minimum absolute atomic E-state index is 0.101. The third-order valence-electron chi connectivity index (χ3n) is 5.67. The highest BCUT2D eigenvalue weighted by atomic mass is 32.2. The van der Waals surface area contributed by atoms with Crippen LogP contribution in [0.4, 0.5) is 11.4 Å². The Morgan fingerprint density at radius 2 is 1.75 bits per heavy atom. The van der Waals surface area contributed by atoms with E-state index in [0.29, 0.717) is 49.0 Å². The molecule has 11 heteroatoms. The van der Waals surface area contributed by atoms with Gasteiger partial charge in [0, 0.05) is 45.3 Å². The van der Waals surface area contributed by atoms with Crippen LogP contribution in [0, 0.1) is 24.0 Å². The van der Waals surface area contributed by atoms with E-state index in [1.165, 1.54) is 16.4 Å². The molecule has 0 N–H and O–H groups in total. The molecule has 0 atom stereocenters. The van der Waals surface area contributed by atoms with Crippen LogP contribution in [0.25, 0.3) is 0 Å². The maximum Gasteiger partial charge on any atom is 0.293 e. The Bertz CT molecular complexity index is 1120. The lowest BCUT2D eigenvalue weighted by atomic mass is 10.1. The van der Waals surface area contributed by atoms with Gasteiger partial charge in [-0.05, 0) is 32.0 Å². The van der Waals surface area contributed by atoms with Gasteiger partial charge >= 0.3 is 0 Å². The fourth-order valence-corrected chi connectivity index (χ4v) is 5.43. The summed E-state index contributed by atoms with van der Waals surface area (Å²) in [5, 5.41) is 11.7. The number of hydrogen-bond acceptors (Lipinski definition) is 7. The van der Waals surface area contributed by atoms with Crippen LogP contribution in [0.1, 0.15) is 35.7 Å². The smallest absolute Gasteiger partial charge is 0.293 e. The molecule has 0 saturated carbocycles. The standard InChI is InChI=1S/C21H28N4O6S/c1-5-24(6-2)32(29,30)17-7-8-19(20(14-17)25(27)28)22-9-11-23(12-10-22)21(26)18-13-15(3)31-16(18)4/h7-8,13-14H,5-6,9-12H2,1-4H3. The number of benzene rings is 1. The first kappa shape index (κ1) is 23.7. The van der Waals surface area contributed by atoms with Crippen LogP contribution in [0.3, 0.4) is 0 Å². The maximum absolute atomic E-state index is 12.8. The zero-order chi connectivity index (χ0) is 23.6. The van der Waals surface area contributed by atoms with Gasteiger partial charge in [0.25, 0.3) is 11.6 Å². The van der Waals surface area contributed by atoms with E-state index in [9.17, 15) is 23.3 Å². The van der Waals surface area contributed by atoms with Gasteiger partial charge in [0.15, 0.2) is 0 Å². The second kappa shape index (κ2) is 9.29. The summed E-state index contributed by atoms with van der Waals surface area (Å²) < 4.78 is 32.3. The molecule has 174 valence electrons. The molecule has 0 spiro atoms. The normalized spacial score (nSPS) is 14.8. The summed E-state index contributed by atoms with van der Waals surface area (Å²) in [6.45, 7) is 9.08. The predicted molar refractivity (Wildman–Crippen MR) is 120 cm³/mol. The van der Waals surface area contributed by atoms with Crippen molar-refractivity contribution < 1.29 is 22.6 Å². The minimum atomic E-state index is -3.81. The summed E-state index contributed by atoms with van der Waals surface area (Å²) in [7, 11) is -3.81. The minimum Gasteiger partial charge on any atom is -0.466 e. The third kappa shape index (κ3) is 4.49. The van der Waals surface area contributed by atoms with E-state index in [4.69, 9.17) is 4.42 Å². The monoisotopic (exact) mass is 464 g/mol. The zero-order valence-electron chi connectivity index (χ0n) is 18.7. The number of carbonyl (C=O) groups excluding carboxylic acids is 1. The number of piperazine rings is 1. The van der Waals surface area contributed by atoms with Crippen molar-refractivity contribution in [2.24, 2.45) is 0 Å². The van der Waals surface area contributed by atoms with Gasteiger partial charge in [-0.3, -0.25) is 14.9 Å². The Morgan fingerprint density at radius 3 is 2.25 bits per heavy atom. The molecule has 0 unspecified atom stereocenters. The first-order valence-electron chi connectivity index (χ1n) is 10.5. The molecular formula is C21H28N4O6S. The average molecular weight is 465 g/mol. The Balaban J connectivity index is 1.81. The van der Waals surface area contributed by atoms with Crippen molar-refractivity contribution in [3.05, 3.63) is 51.5 Å². The van der Waals surface area contributed by atoms with Crippen molar-refractivity contribution in [1.82, 2.24) is 9.21 Å². The predicted octanol–water partition coefficient (Wildman–Crippen LogP) is 2.80. The van der Waals surface area contributed by atoms with Gasteiger partial charge in [0.05, 0.1) is 15.4 Å². The number of furan rings is 1. The van der Waals surface area contributed by atoms with Gasteiger partial charge in [-0.1, -0.05) is 13.8 Å². The van der Waals surface area contributed by atoms with E-state index in [1.807, 2.05) is 4.90 Å². The molecule has 0 aliphatic carbocycles. The lowest BCUT2D eigenvalue weighted by Gasteiger charge is -2.35. The molecule has 1 saturated heterocycles. The van der Waals surface area contributed by atoms with Crippen molar-refractivity contribution in [3.8, 4) is 0 Å². The molecule has 1 aliphatic rings. The fourth-order valence-electron chi connectivity index (χ4n) is 3.95. The number of anilines is 1. The summed E-state index contributed by atoms with van der Waals surface area (Å²) in [5.74, 6) is 1.10. The van der Waals surface area contributed by atoms with Crippen molar-refractivity contribution in [1.29, 1.82) is 0 Å². The maximum atomic E-state index is 12.8. The Kier molecular flexibility index (Phi) is 6.89. The first-order chi connectivity index (χ1) is 15.1. The fraction of sp³-hybridized carbons (Fsp3) is 0.476. The quantitative estimate of drug-likeness (QED) is 0.457. The van der Waals surface area contributed by atoms with Crippen LogP contribution in [-0.2, 0) is 10.0 Å². The number of hydrogen-bond donors (Lipinski definition) is 0. The molecule has 1 aromatic carbocycles. The van der Waals surface area contributed by atoms with Gasteiger partial charge in [0.1, 0.15) is 17.2 Å². The van der Waals surface area contributed by atoms with Crippen molar-refractivity contribution in [2.75, 3.05) is 44.2 Å². The first-order valence-corrected chi connectivity index (χ1v) is 11.9. The summed E-state index contributed by atoms with van der Waals surface area (Å²) >= 11 is 0. The van der Waals surface area contributed by atoms with Crippen molar-refractivity contribution in [3.63, 3.8) is 0 Å². The van der Waals surface area contributed by atoms with Crippen LogP contribution < -0.4 is 4.90 Å². The van der Waals surface area contributed by atoms with Gasteiger partial charge in [-0.2, -0.15) is 4.31 Å². The van der Waals surface area contributed by atoms with Crippen molar-refractivity contribution >= 4 is 27.3 Å². The van der Waals surface area contributed by atoms with E-state index < -0.39 is 14.9 Å². The number of amides is 1. The molecular weight excluding hydrogens is 436 g/mol. The van der Waals surface area contributed by atoms with E-state index in [1.54, 1.807) is 38.7 Å². The SMILES string of the molecule is CCN(CC)S(=O)(=O)c1ccc(N2CCN(C(=O)c3cc(C)oc3C)CC2)c([N+](=O)[O-])c1. The molecule has 3 rings (SSSR count). The summed E-state index contributed by atoms with van der Waals surface area (Å²) in [6, 6.07) is 5.72. The topological polar surface area (TPSA) is 117 Å². The number of nitrogens with zero attached hydrogens (tertiary/aromatic N) is 4. The van der Waals surface area contributed by atoms with E-state index in [2.05, 4.69) is 0 Å². The molecule has 1 aromatic heterocycles. The van der Waals surface area contributed by atoms with Crippen LogP contribution in [0.15, 0.2) is 33.6 Å². The second-order valence-electron chi connectivity index (χ2n) is 7.60. The number of nitro benzene ring substituents is 1. The van der Waals surface area contributed by atoms with Crippen LogP contribution in [0.5, 0.6) is 0 Å². The average Bonchev–Trinajstić information content (AvgIpc) is 3.11. The number of rotatable bonds is 7. The Morgan fingerprint density at radius 1 is 1.12 bits per heavy atom. The Hall–Kier alpha value is -2.92. The number of nitro groups is 1. The molecule has 1 fully saturated rings. The second-order valence-corrected chi connectivity index (χ2v) is 9.54. The van der Waals surface area contributed by atoms with E-state index in [-0.39, 0.29) is 29.6 Å². The zero-order valence-corrected chi connectivity index (χ0v) is 19.5. The number of carbonyl (C=O) groups is 1. The van der Waals surface area contributed by atoms with E-state index >= 15 is 0 Å². The molecule has 32 heavy (non-hydrogen) atoms. The summed E-state index contributed by atoms with van der Waals surface area (Å²) in [6.07, 6.45) is 0. The summed E-state index contributed by atoms with van der Waals surface area (Å²) in [5.41, 5.74) is 0.600. The third-order valence-corrected chi connectivity index (χ3v) is 7.71. The van der Waals surface area contributed by atoms with Crippen molar-refractivity contribution in [2.45, 2.75) is 32.6 Å². The van der Waals surface area contributed by atoms with Crippen LogP contribution in [0.2, 0.25) is 0 Å². The molecule has 1 aliphatic heterocycles. The highest BCUT2D eigenvalue weighted by Gasteiger charge is 2.30. The Labute approximate surface area is 187 Å². The van der Waals surface area contributed by atoms with Crippen LogP contribution >= 0.6 is 0 Å². The molecule has 0 radical (unpaired) electrons. The van der Waals surface area contributed by atoms with E-state index in [0.717, 1.165) is 6.07 Å². The molecule has 10 nitrogen and oxygen atoms in total. The molecule has 0 bridgehead atoms. The highest BCUT2D eigenvalue weighted by molar-refractivity contribution is 7.89. The largest absolute Gasteiger partial charge is 0.466 e. The number of sulfonamides is 1. The lowest BCUT2D eigenvalue weighted by molar-refractivity contribution is -0.384. The van der Waals surface area contributed by atoms with Crippen LogP contribution in [-0.4, -0.2) is 67.7 Å². The molecule has 2 heterocycles. The molecule has 1 amide bonds. The molecule has 2 aromatic rings. The van der Waals surface area contributed by atoms with Gasteiger partial charge in [-0.15, -0.1) is 0 Å². The summed E-state index contributed by atoms with van der Waals surface area (Å²) in [4.78, 5) is 27.4. The lowest BCUT2D eigenvalue weighted by Crippen LogP contribution is -2.49.